The summed E-state index contributed by atoms with van der Waals surface area (Å²) in [6.07, 6.45) is -5.39. The van der Waals surface area contributed by atoms with E-state index in [1.807, 2.05) is 0 Å². The number of alkyl halides is 1. The van der Waals surface area contributed by atoms with Gasteiger partial charge in [-0.05, 0) is 12.2 Å². The van der Waals surface area contributed by atoms with E-state index in [0.29, 0.717) is 0 Å². The standard InChI is InChI=1S/C8H11F2N2O11P3S2/c9-3-1-5(20-7(3)12-2-4(10)6(27)11-8(12)28)21-25(16,17)23-26(18,19)22-24(13,14)15/h2-3,5,7H,1H2,(H,16,17)(H,18,19)(H,11,27,28)(H2,13,14,15)/t3-,5+,7+/m0/s1. The van der Waals surface area contributed by atoms with Gasteiger partial charge in [0, 0.05) is 12.6 Å². The maximum atomic E-state index is 14.2. The van der Waals surface area contributed by atoms with Crippen LogP contribution in [0.15, 0.2) is 6.20 Å². The fourth-order valence-electron chi connectivity index (χ4n) is 2.00. The lowest BCUT2D eigenvalue weighted by atomic mass is 10.3. The molecule has 0 spiro atoms. The molecule has 1 aromatic heterocycles. The number of aromatic nitrogens is 2. The second-order valence-electron chi connectivity index (χ2n) is 5.05. The summed E-state index contributed by atoms with van der Waals surface area (Å²) >= 11 is 9.47. The molecule has 1 aromatic rings. The summed E-state index contributed by atoms with van der Waals surface area (Å²) in [4.78, 5) is 37.6. The number of hydrogen-bond donors (Lipinski definition) is 5. The second-order valence-corrected chi connectivity index (χ2v) is 10.2. The molecule has 0 aromatic carbocycles. The first kappa shape index (κ1) is 24.0. The van der Waals surface area contributed by atoms with Gasteiger partial charge in [0.15, 0.2) is 29.3 Å². The molecule has 0 radical (unpaired) electrons. The molecule has 2 heterocycles. The predicted octanol–water partition coefficient (Wildman–Crippen LogP) is 2.34. The number of rotatable bonds is 7. The van der Waals surface area contributed by atoms with Crippen LogP contribution in [-0.2, 0) is 31.6 Å². The van der Waals surface area contributed by atoms with E-state index in [9.17, 15) is 27.4 Å². The van der Waals surface area contributed by atoms with Gasteiger partial charge in [-0.2, -0.15) is 8.62 Å². The van der Waals surface area contributed by atoms with Crippen LogP contribution in [-0.4, -0.2) is 41.6 Å². The molecule has 0 saturated carbocycles. The Bertz CT molecular complexity index is 1010. The topological polar surface area (TPSA) is 190 Å². The van der Waals surface area contributed by atoms with Crippen molar-refractivity contribution in [1.29, 1.82) is 0 Å². The van der Waals surface area contributed by atoms with Crippen LogP contribution in [0.5, 0.6) is 0 Å². The summed E-state index contributed by atoms with van der Waals surface area (Å²) < 4.78 is 77.9. The minimum absolute atomic E-state index is 0.238. The lowest BCUT2D eigenvalue weighted by Crippen LogP contribution is -2.19. The number of aromatic amines is 1. The summed E-state index contributed by atoms with van der Waals surface area (Å²) in [6.45, 7) is 0. The third-order valence-electron chi connectivity index (χ3n) is 2.88. The van der Waals surface area contributed by atoms with Crippen LogP contribution < -0.4 is 0 Å². The van der Waals surface area contributed by atoms with Gasteiger partial charge in [0.1, 0.15) is 4.64 Å². The van der Waals surface area contributed by atoms with Gasteiger partial charge in [-0.15, -0.1) is 0 Å². The zero-order valence-electron chi connectivity index (χ0n) is 13.0. The Morgan fingerprint density at radius 3 is 2.36 bits per heavy atom. The van der Waals surface area contributed by atoms with Crippen LogP contribution >= 0.6 is 47.9 Å². The Morgan fingerprint density at radius 1 is 1.18 bits per heavy atom. The molecule has 13 nitrogen and oxygen atoms in total. The Balaban J connectivity index is 2.12. The zero-order chi connectivity index (χ0) is 21.5. The lowest BCUT2D eigenvalue weighted by molar-refractivity contribution is -0.112. The number of nitrogens with zero attached hydrogens (tertiary/aromatic N) is 1. The SMILES string of the molecule is O=P(O)(O)OP(=O)(O)OP(=O)(O)O[C@@H]1C[C@H](F)[C@H](n2cc(F)c(=S)[nH]c2=S)O1. The first-order valence-corrected chi connectivity index (χ1v) is 12.0. The highest BCUT2D eigenvalue weighted by Gasteiger charge is 2.45. The second kappa shape index (κ2) is 8.47. The minimum Gasteiger partial charge on any atom is -0.325 e. The van der Waals surface area contributed by atoms with E-state index in [1.54, 1.807) is 0 Å². The zero-order valence-corrected chi connectivity index (χ0v) is 17.3. The summed E-state index contributed by atoms with van der Waals surface area (Å²) in [6, 6.07) is 0. The van der Waals surface area contributed by atoms with Crippen LogP contribution in [0, 0.1) is 15.2 Å². The smallest absolute Gasteiger partial charge is 0.325 e. The van der Waals surface area contributed by atoms with Gasteiger partial charge >= 0.3 is 23.5 Å². The number of phosphoric ester groups is 1. The Morgan fingerprint density at radius 2 is 1.79 bits per heavy atom. The van der Waals surface area contributed by atoms with Gasteiger partial charge in [0.2, 0.25) is 0 Å². The van der Waals surface area contributed by atoms with Gasteiger partial charge in [-0.1, -0.05) is 12.2 Å². The van der Waals surface area contributed by atoms with Crippen molar-refractivity contribution in [3.05, 3.63) is 21.4 Å². The largest absolute Gasteiger partial charge is 0.490 e. The van der Waals surface area contributed by atoms with Crippen molar-refractivity contribution in [2.75, 3.05) is 0 Å². The van der Waals surface area contributed by atoms with Crippen LogP contribution in [0.3, 0.4) is 0 Å². The van der Waals surface area contributed by atoms with Gasteiger partial charge < -0.3 is 29.3 Å². The molecule has 2 rings (SSSR count). The molecule has 1 fully saturated rings. The van der Waals surface area contributed by atoms with Crippen molar-refractivity contribution < 1.29 is 59.9 Å². The van der Waals surface area contributed by atoms with E-state index in [2.05, 4.69) is 30.3 Å². The van der Waals surface area contributed by atoms with Crippen molar-refractivity contribution >= 4 is 47.9 Å². The molecule has 5 N–H and O–H groups in total. The maximum Gasteiger partial charge on any atom is 0.490 e. The highest BCUT2D eigenvalue weighted by atomic mass is 32.1. The number of halogens is 2. The normalized spacial score (nSPS) is 27.3. The summed E-state index contributed by atoms with van der Waals surface area (Å²) in [5, 5.41) is 0. The molecular formula is C8H11F2N2O11P3S2. The minimum atomic E-state index is -5.74. The van der Waals surface area contributed by atoms with Crippen molar-refractivity contribution in [2.45, 2.75) is 25.1 Å². The third-order valence-corrected chi connectivity index (χ3v) is 7.32. The van der Waals surface area contributed by atoms with E-state index in [4.69, 9.17) is 31.6 Å². The number of ether oxygens (including phenoxy) is 1. The highest BCUT2D eigenvalue weighted by molar-refractivity contribution is 7.72. The van der Waals surface area contributed by atoms with Crippen molar-refractivity contribution in [3.8, 4) is 0 Å². The summed E-state index contributed by atoms with van der Waals surface area (Å²) in [7, 11) is -16.8. The molecule has 0 amide bonds. The maximum absolute atomic E-state index is 14.2. The Labute approximate surface area is 164 Å². The van der Waals surface area contributed by atoms with Crippen molar-refractivity contribution in [2.24, 2.45) is 0 Å². The van der Waals surface area contributed by atoms with E-state index < -0.39 is 54.4 Å². The lowest BCUT2D eigenvalue weighted by Gasteiger charge is -2.20. The number of phosphoric acid groups is 3. The van der Waals surface area contributed by atoms with Crippen molar-refractivity contribution in [3.63, 3.8) is 0 Å². The molecule has 1 aliphatic heterocycles. The average molecular weight is 506 g/mol. The number of nitrogens with one attached hydrogen (secondary N) is 1. The predicted molar refractivity (Wildman–Crippen MR) is 88.8 cm³/mol. The van der Waals surface area contributed by atoms with E-state index >= 15 is 0 Å². The quantitative estimate of drug-likeness (QED) is 0.268. The number of H-pyrrole nitrogens is 1. The van der Waals surface area contributed by atoms with Gasteiger partial charge in [0.05, 0.1) is 0 Å². The number of hydrogen-bond acceptors (Lipinski definition) is 9. The Kier molecular flexibility index (Phi) is 7.27. The molecule has 5 atom stereocenters. The van der Waals surface area contributed by atoms with Crippen LogP contribution in [0.25, 0.3) is 0 Å². The summed E-state index contributed by atoms with van der Waals surface area (Å²) in [5.41, 5.74) is 0. The van der Waals surface area contributed by atoms with E-state index in [0.717, 1.165) is 10.8 Å². The van der Waals surface area contributed by atoms with Crippen LogP contribution in [0.2, 0.25) is 0 Å². The Hall–Kier alpha value is -0.250. The molecule has 28 heavy (non-hydrogen) atoms. The molecule has 20 heteroatoms. The van der Waals surface area contributed by atoms with Gasteiger partial charge in [0.25, 0.3) is 0 Å². The molecule has 1 saturated heterocycles. The van der Waals surface area contributed by atoms with Gasteiger partial charge in [-0.25, -0.2) is 22.5 Å². The average Bonchev–Trinajstić information content (AvgIpc) is 2.78. The fourth-order valence-corrected chi connectivity index (χ4v) is 5.57. The molecule has 0 aliphatic carbocycles. The van der Waals surface area contributed by atoms with Crippen LogP contribution in [0.1, 0.15) is 12.6 Å². The molecule has 2 unspecified atom stereocenters. The fraction of sp³-hybridized carbons (Fsp3) is 0.500. The van der Waals surface area contributed by atoms with E-state index in [1.165, 1.54) is 0 Å². The first-order valence-electron chi connectivity index (χ1n) is 6.71. The highest BCUT2D eigenvalue weighted by Crippen LogP contribution is 2.67. The molecule has 1 aliphatic rings. The van der Waals surface area contributed by atoms with Gasteiger partial charge in [-0.3, -0.25) is 9.09 Å². The monoisotopic (exact) mass is 506 g/mol. The van der Waals surface area contributed by atoms with Crippen molar-refractivity contribution in [1.82, 2.24) is 9.55 Å². The first-order chi connectivity index (χ1) is 12.6. The van der Waals surface area contributed by atoms with E-state index in [-0.39, 0.29) is 9.41 Å². The summed E-state index contributed by atoms with van der Waals surface area (Å²) in [5.74, 6) is -0.962. The molecule has 0 bridgehead atoms. The third kappa shape index (κ3) is 6.64. The molecular weight excluding hydrogens is 495 g/mol. The van der Waals surface area contributed by atoms with Crippen LogP contribution in [0.4, 0.5) is 8.78 Å². The molecule has 160 valence electrons.